The minimum Gasteiger partial charge on any atom is -0.490 e. The number of rotatable bonds is 6. The quantitative estimate of drug-likeness (QED) is 0.779. The Labute approximate surface area is 102 Å². The van der Waals surface area contributed by atoms with E-state index >= 15 is 0 Å². The van der Waals surface area contributed by atoms with Crippen LogP contribution in [0.1, 0.15) is 20.8 Å². The topological polar surface area (TPSA) is 34.1 Å². The van der Waals surface area contributed by atoms with E-state index in [9.17, 15) is 0 Å². The summed E-state index contributed by atoms with van der Waals surface area (Å²) in [5.41, 5.74) is 0. The van der Waals surface area contributed by atoms with Gasteiger partial charge in [-0.2, -0.15) is 0 Å². The van der Waals surface area contributed by atoms with Crippen molar-refractivity contribution in [1.82, 2.24) is 4.98 Å². The minimum atomic E-state index is 0.270. The molecule has 0 spiro atoms. The standard InChI is InChI=1S/C12H19ClN2O/c1-4-16-11-6-5-7-14-12(11)15-10(3)9(2)8-13/h5-7,9-10H,4,8H2,1-3H3,(H,14,15). The molecule has 0 bridgehead atoms. The van der Waals surface area contributed by atoms with Gasteiger partial charge in [-0.05, 0) is 31.9 Å². The van der Waals surface area contributed by atoms with E-state index in [2.05, 4.69) is 24.1 Å². The summed E-state index contributed by atoms with van der Waals surface area (Å²) >= 11 is 5.82. The molecule has 0 aliphatic heterocycles. The SMILES string of the molecule is CCOc1cccnc1NC(C)C(C)CCl. The summed E-state index contributed by atoms with van der Waals surface area (Å²) in [4.78, 5) is 4.27. The minimum absolute atomic E-state index is 0.270. The van der Waals surface area contributed by atoms with Gasteiger partial charge in [-0.15, -0.1) is 11.6 Å². The third kappa shape index (κ3) is 3.56. The molecule has 0 amide bonds. The molecule has 1 aromatic rings. The Hall–Kier alpha value is -0.960. The summed E-state index contributed by atoms with van der Waals surface area (Å²) in [5.74, 6) is 2.59. The highest BCUT2D eigenvalue weighted by atomic mass is 35.5. The van der Waals surface area contributed by atoms with E-state index in [0.717, 1.165) is 11.6 Å². The van der Waals surface area contributed by atoms with Crippen molar-refractivity contribution in [2.45, 2.75) is 26.8 Å². The van der Waals surface area contributed by atoms with Crippen LogP contribution in [0.5, 0.6) is 5.75 Å². The Balaban J connectivity index is 2.71. The molecule has 0 aliphatic carbocycles. The largest absolute Gasteiger partial charge is 0.490 e. The van der Waals surface area contributed by atoms with Gasteiger partial charge in [0.05, 0.1) is 6.61 Å². The van der Waals surface area contributed by atoms with Crippen LogP contribution in [-0.2, 0) is 0 Å². The molecule has 1 N–H and O–H groups in total. The van der Waals surface area contributed by atoms with Crippen LogP contribution in [-0.4, -0.2) is 23.5 Å². The van der Waals surface area contributed by atoms with Crippen LogP contribution in [0.25, 0.3) is 0 Å². The summed E-state index contributed by atoms with van der Waals surface area (Å²) < 4.78 is 5.49. The normalized spacial score (nSPS) is 14.2. The van der Waals surface area contributed by atoms with Crippen molar-refractivity contribution in [2.24, 2.45) is 5.92 Å². The fraction of sp³-hybridized carbons (Fsp3) is 0.583. The molecule has 0 aliphatic rings. The Morgan fingerprint density at radius 2 is 2.25 bits per heavy atom. The average molecular weight is 243 g/mol. The first-order chi connectivity index (χ1) is 7.69. The van der Waals surface area contributed by atoms with Gasteiger partial charge >= 0.3 is 0 Å². The lowest BCUT2D eigenvalue weighted by molar-refractivity contribution is 0.340. The van der Waals surface area contributed by atoms with Crippen LogP contribution in [0.2, 0.25) is 0 Å². The first-order valence-corrected chi connectivity index (χ1v) is 6.12. The number of alkyl halides is 1. The number of pyridine rings is 1. The molecule has 1 aromatic heterocycles. The van der Waals surface area contributed by atoms with Crippen LogP contribution < -0.4 is 10.1 Å². The van der Waals surface area contributed by atoms with Gasteiger partial charge in [0, 0.05) is 18.1 Å². The Morgan fingerprint density at radius 3 is 2.88 bits per heavy atom. The van der Waals surface area contributed by atoms with Crippen LogP contribution in [0.15, 0.2) is 18.3 Å². The molecular weight excluding hydrogens is 224 g/mol. The van der Waals surface area contributed by atoms with E-state index in [-0.39, 0.29) is 6.04 Å². The highest BCUT2D eigenvalue weighted by molar-refractivity contribution is 6.18. The number of halogens is 1. The van der Waals surface area contributed by atoms with Crippen molar-refractivity contribution in [3.8, 4) is 5.75 Å². The van der Waals surface area contributed by atoms with Gasteiger partial charge in [0.15, 0.2) is 11.6 Å². The van der Waals surface area contributed by atoms with Crippen molar-refractivity contribution < 1.29 is 4.74 Å². The van der Waals surface area contributed by atoms with Gasteiger partial charge < -0.3 is 10.1 Å². The lowest BCUT2D eigenvalue weighted by atomic mass is 10.1. The number of nitrogens with one attached hydrogen (secondary N) is 1. The lowest BCUT2D eigenvalue weighted by Crippen LogP contribution is -2.25. The van der Waals surface area contributed by atoms with Crippen LogP contribution >= 0.6 is 11.6 Å². The number of hydrogen-bond acceptors (Lipinski definition) is 3. The molecule has 0 aromatic carbocycles. The fourth-order valence-electron chi connectivity index (χ4n) is 1.26. The molecule has 90 valence electrons. The monoisotopic (exact) mass is 242 g/mol. The summed E-state index contributed by atoms with van der Waals surface area (Å²) in [6.07, 6.45) is 1.75. The van der Waals surface area contributed by atoms with E-state index in [0.29, 0.717) is 18.4 Å². The van der Waals surface area contributed by atoms with Crippen molar-refractivity contribution >= 4 is 17.4 Å². The van der Waals surface area contributed by atoms with Gasteiger partial charge in [-0.1, -0.05) is 6.92 Å². The van der Waals surface area contributed by atoms with E-state index in [1.807, 2.05) is 19.1 Å². The second-order valence-corrected chi connectivity index (χ2v) is 4.16. The zero-order chi connectivity index (χ0) is 12.0. The molecule has 16 heavy (non-hydrogen) atoms. The summed E-state index contributed by atoms with van der Waals surface area (Å²) in [7, 11) is 0. The third-order valence-corrected chi connectivity index (χ3v) is 3.02. The lowest BCUT2D eigenvalue weighted by Gasteiger charge is -2.21. The Morgan fingerprint density at radius 1 is 1.50 bits per heavy atom. The van der Waals surface area contributed by atoms with Crippen molar-refractivity contribution in [3.63, 3.8) is 0 Å². The zero-order valence-electron chi connectivity index (χ0n) is 10.0. The van der Waals surface area contributed by atoms with E-state index < -0.39 is 0 Å². The van der Waals surface area contributed by atoms with Gasteiger partial charge in [0.2, 0.25) is 0 Å². The summed E-state index contributed by atoms with van der Waals surface area (Å²) in [6, 6.07) is 4.05. The second-order valence-electron chi connectivity index (χ2n) is 3.85. The predicted octanol–water partition coefficient (Wildman–Crippen LogP) is 3.16. The van der Waals surface area contributed by atoms with E-state index in [1.54, 1.807) is 6.20 Å². The van der Waals surface area contributed by atoms with Crippen LogP contribution in [0.4, 0.5) is 5.82 Å². The van der Waals surface area contributed by atoms with Gasteiger partial charge in [0.25, 0.3) is 0 Å². The zero-order valence-corrected chi connectivity index (χ0v) is 10.8. The Kier molecular flexibility index (Phi) is 5.39. The number of ether oxygens (including phenoxy) is 1. The van der Waals surface area contributed by atoms with Crippen LogP contribution in [0.3, 0.4) is 0 Å². The number of hydrogen-bond donors (Lipinski definition) is 1. The summed E-state index contributed by atoms with van der Waals surface area (Å²) in [6.45, 7) is 6.80. The molecule has 0 radical (unpaired) electrons. The number of anilines is 1. The molecule has 4 heteroatoms. The molecule has 0 saturated carbocycles. The van der Waals surface area contributed by atoms with E-state index in [4.69, 9.17) is 16.3 Å². The molecule has 2 unspecified atom stereocenters. The van der Waals surface area contributed by atoms with Gasteiger partial charge in [-0.25, -0.2) is 4.98 Å². The fourth-order valence-corrected chi connectivity index (χ4v) is 1.53. The molecule has 0 fully saturated rings. The highest BCUT2D eigenvalue weighted by Crippen LogP contribution is 2.23. The average Bonchev–Trinajstić information content (AvgIpc) is 2.31. The molecule has 1 heterocycles. The maximum absolute atomic E-state index is 5.82. The van der Waals surface area contributed by atoms with Gasteiger partial charge in [-0.3, -0.25) is 0 Å². The Bertz CT molecular complexity index is 320. The highest BCUT2D eigenvalue weighted by Gasteiger charge is 2.13. The maximum Gasteiger partial charge on any atom is 0.168 e. The molecule has 2 atom stereocenters. The maximum atomic E-state index is 5.82. The van der Waals surface area contributed by atoms with Crippen molar-refractivity contribution in [3.05, 3.63) is 18.3 Å². The molecule has 1 rings (SSSR count). The first kappa shape index (κ1) is 13.1. The molecule has 3 nitrogen and oxygen atoms in total. The van der Waals surface area contributed by atoms with Crippen molar-refractivity contribution in [1.29, 1.82) is 0 Å². The van der Waals surface area contributed by atoms with E-state index in [1.165, 1.54) is 0 Å². The smallest absolute Gasteiger partial charge is 0.168 e. The molecular formula is C12H19ClN2O. The molecule has 0 saturated heterocycles. The second kappa shape index (κ2) is 6.59. The van der Waals surface area contributed by atoms with Gasteiger partial charge in [0.1, 0.15) is 0 Å². The third-order valence-electron chi connectivity index (χ3n) is 2.53. The number of aromatic nitrogens is 1. The van der Waals surface area contributed by atoms with Crippen LogP contribution in [0, 0.1) is 5.92 Å². The van der Waals surface area contributed by atoms with Crippen molar-refractivity contribution in [2.75, 3.05) is 17.8 Å². The number of nitrogens with zero attached hydrogens (tertiary/aromatic N) is 1. The predicted molar refractivity (Wildman–Crippen MR) is 68.4 cm³/mol. The first-order valence-electron chi connectivity index (χ1n) is 5.59. The summed E-state index contributed by atoms with van der Waals surface area (Å²) in [5, 5.41) is 3.33.